The molecule has 0 bridgehead atoms. The van der Waals surface area contributed by atoms with E-state index in [9.17, 15) is 19.5 Å². The molecule has 2 amide bonds. The van der Waals surface area contributed by atoms with Crippen LogP contribution >= 0.6 is 0 Å². The number of alkyl carbamates (subject to hydrolysis) is 1. The summed E-state index contributed by atoms with van der Waals surface area (Å²) >= 11 is 0. The summed E-state index contributed by atoms with van der Waals surface area (Å²) < 4.78 is 7.10. The van der Waals surface area contributed by atoms with Crippen molar-refractivity contribution in [3.63, 3.8) is 0 Å². The molecular formula is C33H31N7O5. The number of benzene rings is 3. The molecule has 3 aromatic carbocycles. The van der Waals surface area contributed by atoms with E-state index in [1.807, 2.05) is 48.0 Å². The summed E-state index contributed by atoms with van der Waals surface area (Å²) in [5.41, 5.74) is 3.96. The van der Waals surface area contributed by atoms with E-state index in [0.29, 0.717) is 29.0 Å². The van der Waals surface area contributed by atoms with Crippen LogP contribution in [0.25, 0.3) is 11.0 Å². The number of fused-ring (bicyclic) bond motifs is 1. The zero-order valence-electron chi connectivity index (χ0n) is 24.4. The normalized spacial score (nSPS) is 10.7. The Kier molecular flexibility index (Phi) is 9.43. The molecule has 45 heavy (non-hydrogen) atoms. The number of aliphatic carboxylic acids is 1. The van der Waals surface area contributed by atoms with Crippen LogP contribution in [-0.2, 0) is 29.7 Å². The Hall–Kier alpha value is -6.04. The molecule has 0 fully saturated rings. The number of carboxylic acid groups (broad SMARTS) is 1. The van der Waals surface area contributed by atoms with E-state index in [2.05, 4.69) is 15.6 Å². The van der Waals surface area contributed by atoms with Crippen LogP contribution in [0.1, 0.15) is 33.7 Å². The lowest BCUT2D eigenvalue weighted by Gasteiger charge is -2.21. The first kappa shape index (κ1) is 30.4. The number of rotatable bonds is 11. The lowest BCUT2D eigenvalue weighted by molar-refractivity contribution is -0.136. The van der Waals surface area contributed by atoms with Crippen molar-refractivity contribution in [1.29, 1.82) is 5.41 Å². The Morgan fingerprint density at radius 3 is 2.40 bits per heavy atom. The van der Waals surface area contributed by atoms with Crippen LogP contribution in [0.3, 0.4) is 0 Å². The fourth-order valence-electron chi connectivity index (χ4n) is 4.61. The number of carbonyl (C=O) groups is 3. The van der Waals surface area contributed by atoms with Crippen LogP contribution < -0.4 is 15.5 Å². The van der Waals surface area contributed by atoms with Crippen molar-refractivity contribution in [2.75, 3.05) is 16.8 Å². The van der Waals surface area contributed by atoms with Crippen LogP contribution in [0.4, 0.5) is 16.3 Å². The molecule has 12 nitrogen and oxygen atoms in total. The smallest absolute Gasteiger partial charge is 0.413 e. The van der Waals surface area contributed by atoms with Crippen molar-refractivity contribution < 1.29 is 24.2 Å². The zero-order valence-corrected chi connectivity index (χ0v) is 24.4. The minimum absolute atomic E-state index is 0.0206. The molecule has 12 heteroatoms. The summed E-state index contributed by atoms with van der Waals surface area (Å²) in [6, 6.07) is 26.6. The minimum Gasteiger partial charge on any atom is -0.481 e. The standard InChI is InChI=1S/C33H31N7O5/c1-39-27-15-12-24(32(43)40(18-16-30(41)42)28-9-5-6-17-35-28)19-26(27)37-29(39)20-36-25-13-10-23(11-14-25)31(34)38-33(44)45-21-22-7-3-2-4-8-22/h2-15,17,19,36H,16,18,20-21H2,1H3,(H,41,42)(H2,34,38,44). The summed E-state index contributed by atoms with van der Waals surface area (Å²) in [6.07, 6.45) is 0.627. The van der Waals surface area contributed by atoms with Gasteiger partial charge in [-0.1, -0.05) is 36.4 Å². The van der Waals surface area contributed by atoms with Gasteiger partial charge in [-0.3, -0.25) is 25.2 Å². The van der Waals surface area contributed by atoms with E-state index in [4.69, 9.17) is 15.1 Å². The minimum atomic E-state index is -1.01. The molecule has 0 aliphatic heterocycles. The molecule has 2 aromatic heterocycles. The third-order valence-corrected chi connectivity index (χ3v) is 7.00. The molecule has 0 atom stereocenters. The summed E-state index contributed by atoms with van der Waals surface area (Å²) in [5, 5.41) is 23.1. The lowest BCUT2D eigenvalue weighted by Crippen LogP contribution is -2.33. The fraction of sp³-hybridized carbons (Fsp3) is 0.152. The van der Waals surface area contributed by atoms with E-state index < -0.39 is 12.1 Å². The zero-order chi connectivity index (χ0) is 31.8. The highest BCUT2D eigenvalue weighted by atomic mass is 16.5. The van der Waals surface area contributed by atoms with Gasteiger partial charge in [-0.25, -0.2) is 14.8 Å². The van der Waals surface area contributed by atoms with Crippen molar-refractivity contribution in [3.8, 4) is 0 Å². The number of hydrogen-bond donors (Lipinski definition) is 4. The monoisotopic (exact) mass is 605 g/mol. The molecule has 0 radical (unpaired) electrons. The molecular weight excluding hydrogens is 574 g/mol. The number of carboxylic acids is 1. The number of ether oxygens (including phenoxy) is 1. The topological polar surface area (TPSA) is 163 Å². The molecule has 0 unspecified atom stereocenters. The number of aryl methyl sites for hydroxylation is 1. The third-order valence-electron chi connectivity index (χ3n) is 7.00. The SMILES string of the molecule is Cn1c(CNc2ccc(C(=N)NC(=O)OCc3ccccc3)cc2)nc2cc(C(=O)N(CCC(=O)O)c3ccccn3)ccc21. The number of hydrogen-bond acceptors (Lipinski definition) is 8. The number of amides is 2. The molecule has 0 aliphatic carbocycles. The first-order valence-electron chi connectivity index (χ1n) is 14.1. The van der Waals surface area contributed by atoms with E-state index in [-0.39, 0.29) is 31.3 Å². The highest BCUT2D eigenvalue weighted by Crippen LogP contribution is 2.21. The van der Waals surface area contributed by atoms with E-state index >= 15 is 0 Å². The van der Waals surface area contributed by atoms with E-state index in [1.165, 1.54) is 4.90 Å². The maximum absolute atomic E-state index is 13.4. The molecule has 5 aromatic rings. The molecule has 228 valence electrons. The summed E-state index contributed by atoms with van der Waals surface area (Å²) in [7, 11) is 1.88. The van der Waals surface area contributed by atoms with Gasteiger partial charge in [-0.05, 0) is 60.2 Å². The molecule has 4 N–H and O–H groups in total. The van der Waals surface area contributed by atoms with Gasteiger partial charge in [-0.15, -0.1) is 0 Å². The Labute approximate surface area is 258 Å². The first-order chi connectivity index (χ1) is 21.8. The number of pyridine rings is 1. The largest absolute Gasteiger partial charge is 0.481 e. The van der Waals surface area contributed by atoms with Crippen LogP contribution in [0, 0.1) is 5.41 Å². The second-order valence-corrected chi connectivity index (χ2v) is 10.1. The van der Waals surface area contributed by atoms with Gasteiger partial charge < -0.3 is 19.7 Å². The number of nitrogens with one attached hydrogen (secondary N) is 3. The highest BCUT2D eigenvalue weighted by Gasteiger charge is 2.21. The van der Waals surface area contributed by atoms with Gasteiger partial charge in [0.25, 0.3) is 5.91 Å². The van der Waals surface area contributed by atoms with E-state index in [1.54, 1.807) is 60.8 Å². The van der Waals surface area contributed by atoms with Crippen LogP contribution in [0.15, 0.2) is 97.2 Å². The third kappa shape index (κ3) is 7.68. The highest BCUT2D eigenvalue weighted by molar-refractivity contribution is 6.07. The van der Waals surface area contributed by atoms with Crippen LogP contribution in [0.2, 0.25) is 0 Å². The van der Waals surface area contributed by atoms with Crippen LogP contribution in [0.5, 0.6) is 0 Å². The number of carbonyl (C=O) groups excluding carboxylic acids is 2. The average molecular weight is 606 g/mol. The van der Waals surface area contributed by atoms with Gasteiger partial charge in [0.05, 0.1) is 24.0 Å². The van der Waals surface area contributed by atoms with Crippen molar-refractivity contribution in [2.45, 2.75) is 19.6 Å². The molecule has 0 saturated heterocycles. The van der Waals surface area contributed by atoms with Gasteiger partial charge in [-0.2, -0.15) is 0 Å². The number of aromatic nitrogens is 3. The molecule has 2 heterocycles. The Morgan fingerprint density at radius 1 is 0.956 bits per heavy atom. The van der Waals surface area contributed by atoms with Crippen molar-refractivity contribution in [3.05, 3.63) is 120 Å². The van der Waals surface area contributed by atoms with Crippen LogP contribution in [-0.4, -0.2) is 50.0 Å². The average Bonchev–Trinajstić information content (AvgIpc) is 3.38. The summed E-state index contributed by atoms with van der Waals surface area (Å²) in [6.45, 7) is 0.473. The number of anilines is 2. The molecule has 0 spiro atoms. The predicted molar refractivity (Wildman–Crippen MR) is 169 cm³/mol. The first-order valence-corrected chi connectivity index (χ1v) is 14.1. The quantitative estimate of drug-likeness (QED) is 0.121. The number of amidine groups is 1. The number of nitrogens with zero attached hydrogens (tertiary/aromatic N) is 4. The summed E-state index contributed by atoms with van der Waals surface area (Å²) in [4.78, 5) is 47.1. The fourth-order valence-corrected chi connectivity index (χ4v) is 4.61. The maximum Gasteiger partial charge on any atom is 0.413 e. The molecule has 0 aliphatic rings. The van der Waals surface area contributed by atoms with E-state index in [0.717, 1.165) is 22.6 Å². The Bertz CT molecular complexity index is 1820. The number of imidazole rings is 1. The van der Waals surface area contributed by atoms with Gasteiger partial charge in [0.1, 0.15) is 24.1 Å². The van der Waals surface area contributed by atoms with Crippen molar-refractivity contribution >= 4 is 46.3 Å². The van der Waals surface area contributed by atoms with Gasteiger partial charge in [0, 0.05) is 36.6 Å². The van der Waals surface area contributed by atoms with Gasteiger partial charge in [0.15, 0.2) is 0 Å². The predicted octanol–water partition coefficient (Wildman–Crippen LogP) is 4.95. The van der Waals surface area contributed by atoms with Gasteiger partial charge >= 0.3 is 12.1 Å². The summed E-state index contributed by atoms with van der Waals surface area (Å²) in [5.74, 6) is -0.363. The van der Waals surface area contributed by atoms with Crippen molar-refractivity contribution in [2.24, 2.45) is 7.05 Å². The van der Waals surface area contributed by atoms with Crippen molar-refractivity contribution in [1.82, 2.24) is 19.9 Å². The Balaban J connectivity index is 1.21. The lowest BCUT2D eigenvalue weighted by atomic mass is 10.1. The second-order valence-electron chi connectivity index (χ2n) is 10.1. The Morgan fingerprint density at radius 2 is 1.69 bits per heavy atom. The van der Waals surface area contributed by atoms with Gasteiger partial charge in [0.2, 0.25) is 0 Å². The second kappa shape index (κ2) is 14.0. The molecule has 5 rings (SSSR count). The maximum atomic E-state index is 13.4. The molecule has 0 saturated carbocycles.